The van der Waals surface area contributed by atoms with E-state index in [1.54, 1.807) is 13.2 Å². The zero-order valence-electron chi connectivity index (χ0n) is 11.9. The number of methoxy groups -OCH3 is 1. The van der Waals surface area contributed by atoms with E-state index in [1.807, 2.05) is 24.3 Å². The molecule has 1 heterocycles. The van der Waals surface area contributed by atoms with E-state index in [2.05, 4.69) is 0 Å². The van der Waals surface area contributed by atoms with Crippen molar-refractivity contribution in [3.05, 3.63) is 65.0 Å². The summed E-state index contributed by atoms with van der Waals surface area (Å²) in [6.45, 7) is 0.591. The predicted molar refractivity (Wildman–Crippen MR) is 78.5 cm³/mol. The molecule has 2 aromatic rings. The molecule has 0 amide bonds. The molecule has 0 saturated heterocycles. The monoisotopic (exact) mass is 287 g/mol. The second kappa shape index (κ2) is 5.84. The lowest BCUT2D eigenvalue weighted by molar-refractivity contribution is 0.161. The molecule has 0 spiro atoms. The molecule has 2 aromatic carbocycles. The van der Waals surface area contributed by atoms with Crippen LogP contribution in [0.25, 0.3) is 0 Å². The van der Waals surface area contributed by atoms with Crippen molar-refractivity contribution < 1.29 is 13.9 Å². The van der Waals surface area contributed by atoms with Gasteiger partial charge >= 0.3 is 0 Å². The fourth-order valence-corrected chi connectivity index (χ4v) is 2.67. The predicted octanol–water partition coefficient (Wildman–Crippen LogP) is 3.50. The van der Waals surface area contributed by atoms with E-state index in [-0.39, 0.29) is 18.0 Å². The van der Waals surface area contributed by atoms with Crippen LogP contribution in [0, 0.1) is 5.82 Å². The maximum absolute atomic E-state index is 13.3. The van der Waals surface area contributed by atoms with Gasteiger partial charge in [0.05, 0.1) is 6.61 Å². The van der Waals surface area contributed by atoms with Gasteiger partial charge in [-0.2, -0.15) is 0 Å². The van der Waals surface area contributed by atoms with Crippen molar-refractivity contribution >= 4 is 0 Å². The normalized spacial score (nSPS) is 20.7. The minimum Gasteiger partial charge on any atom is -0.485 e. The Bertz CT molecular complexity index is 627. The minimum atomic E-state index is -0.282. The Labute approximate surface area is 123 Å². The van der Waals surface area contributed by atoms with Crippen molar-refractivity contribution in [2.75, 3.05) is 7.11 Å². The number of rotatable bonds is 3. The second-order valence-electron chi connectivity index (χ2n) is 5.31. The van der Waals surface area contributed by atoms with Crippen molar-refractivity contribution in [2.45, 2.75) is 25.2 Å². The van der Waals surface area contributed by atoms with Gasteiger partial charge in [-0.1, -0.05) is 24.3 Å². The molecule has 21 heavy (non-hydrogen) atoms. The molecular formula is C17H18FNO2. The summed E-state index contributed by atoms with van der Waals surface area (Å²) in [7, 11) is 1.67. The highest BCUT2D eigenvalue weighted by atomic mass is 19.1. The quantitative estimate of drug-likeness (QED) is 0.939. The van der Waals surface area contributed by atoms with Crippen LogP contribution in [-0.4, -0.2) is 7.11 Å². The molecule has 110 valence electrons. The lowest BCUT2D eigenvalue weighted by atomic mass is 9.93. The molecule has 2 unspecified atom stereocenters. The molecule has 0 bridgehead atoms. The average molecular weight is 287 g/mol. The van der Waals surface area contributed by atoms with Crippen LogP contribution in [0.5, 0.6) is 5.75 Å². The number of hydrogen-bond donors (Lipinski definition) is 1. The Balaban J connectivity index is 1.83. The zero-order valence-corrected chi connectivity index (χ0v) is 11.9. The molecule has 0 aliphatic carbocycles. The number of benzene rings is 2. The topological polar surface area (TPSA) is 44.5 Å². The minimum absolute atomic E-state index is 0.102. The van der Waals surface area contributed by atoms with Gasteiger partial charge in [0.2, 0.25) is 0 Å². The fourth-order valence-electron chi connectivity index (χ4n) is 2.67. The van der Waals surface area contributed by atoms with Gasteiger partial charge in [-0.25, -0.2) is 4.39 Å². The van der Waals surface area contributed by atoms with Crippen LogP contribution in [-0.2, 0) is 11.3 Å². The van der Waals surface area contributed by atoms with Gasteiger partial charge in [-0.05, 0) is 29.3 Å². The molecule has 3 rings (SSSR count). The first kappa shape index (κ1) is 14.0. The van der Waals surface area contributed by atoms with E-state index in [1.165, 1.54) is 12.1 Å². The first-order chi connectivity index (χ1) is 10.2. The van der Waals surface area contributed by atoms with Crippen LogP contribution in [0.2, 0.25) is 0 Å². The first-order valence-electron chi connectivity index (χ1n) is 6.97. The van der Waals surface area contributed by atoms with Crippen molar-refractivity contribution in [2.24, 2.45) is 5.73 Å². The summed E-state index contributed by atoms with van der Waals surface area (Å²) in [6, 6.07) is 12.4. The van der Waals surface area contributed by atoms with Gasteiger partial charge in [-0.15, -0.1) is 0 Å². The van der Waals surface area contributed by atoms with Gasteiger partial charge in [0.25, 0.3) is 0 Å². The smallest absolute Gasteiger partial charge is 0.126 e. The Kier molecular flexibility index (Phi) is 3.90. The summed E-state index contributed by atoms with van der Waals surface area (Å²) in [5.74, 6) is 0.385. The third kappa shape index (κ3) is 2.91. The number of hydrogen-bond acceptors (Lipinski definition) is 3. The Morgan fingerprint density at radius 1 is 1.24 bits per heavy atom. The molecule has 2 N–H and O–H groups in total. The Morgan fingerprint density at radius 3 is 2.71 bits per heavy atom. The molecule has 0 saturated carbocycles. The summed E-state index contributed by atoms with van der Waals surface area (Å²) in [4.78, 5) is 0. The molecule has 2 atom stereocenters. The highest BCUT2D eigenvalue weighted by Gasteiger charge is 2.27. The SMILES string of the molecule is COCc1ccc(C2CC(N)c3cc(F)ccc3O2)cc1. The van der Waals surface area contributed by atoms with E-state index < -0.39 is 0 Å². The van der Waals surface area contributed by atoms with Crippen LogP contribution >= 0.6 is 0 Å². The van der Waals surface area contributed by atoms with Gasteiger partial charge in [0, 0.05) is 25.1 Å². The van der Waals surface area contributed by atoms with E-state index in [0.717, 1.165) is 16.7 Å². The van der Waals surface area contributed by atoms with Crippen molar-refractivity contribution in [1.82, 2.24) is 0 Å². The molecule has 4 heteroatoms. The third-order valence-corrected chi connectivity index (χ3v) is 3.77. The zero-order chi connectivity index (χ0) is 14.8. The summed E-state index contributed by atoms with van der Waals surface area (Å²) < 4.78 is 24.3. The van der Waals surface area contributed by atoms with Crippen LogP contribution in [0.15, 0.2) is 42.5 Å². The molecule has 0 radical (unpaired) electrons. The van der Waals surface area contributed by atoms with Crippen LogP contribution in [0.4, 0.5) is 4.39 Å². The van der Waals surface area contributed by atoms with Crippen molar-refractivity contribution in [1.29, 1.82) is 0 Å². The maximum Gasteiger partial charge on any atom is 0.126 e. The van der Waals surface area contributed by atoms with E-state index in [9.17, 15) is 4.39 Å². The van der Waals surface area contributed by atoms with E-state index >= 15 is 0 Å². The standard InChI is InChI=1S/C17H18FNO2/c1-20-10-11-2-4-12(5-3-11)17-9-15(19)14-8-13(18)6-7-16(14)21-17/h2-8,15,17H,9-10,19H2,1H3. The first-order valence-corrected chi connectivity index (χ1v) is 6.97. The molecular weight excluding hydrogens is 269 g/mol. The maximum atomic E-state index is 13.3. The number of fused-ring (bicyclic) bond motifs is 1. The highest BCUT2D eigenvalue weighted by molar-refractivity contribution is 5.39. The lowest BCUT2D eigenvalue weighted by Gasteiger charge is -2.30. The van der Waals surface area contributed by atoms with Crippen LogP contribution < -0.4 is 10.5 Å². The highest BCUT2D eigenvalue weighted by Crippen LogP contribution is 2.39. The molecule has 0 fully saturated rings. The lowest BCUT2D eigenvalue weighted by Crippen LogP contribution is -2.24. The van der Waals surface area contributed by atoms with Gasteiger partial charge in [0.1, 0.15) is 17.7 Å². The average Bonchev–Trinajstić information content (AvgIpc) is 2.49. The van der Waals surface area contributed by atoms with Gasteiger partial charge in [0.15, 0.2) is 0 Å². The van der Waals surface area contributed by atoms with Crippen LogP contribution in [0.3, 0.4) is 0 Å². The van der Waals surface area contributed by atoms with Gasteiger partial charge in [-0.3, -0.25) is 0 Å². The van der Waals surface area contributed by atoms with E-state index in [0.29, 0.717) is 18.8 Å². The fraction of sp³-hybridized carbons (Fsp3) is 0.294. The Morgan fingerprint density at radius 2 is 2.00 bits per heavy atom. The number of ether oxygens (including phenoxy) is 2. The number of nitrogens with two attached hydrogens (primary N) is 1. The van der Waals surface area contributed by atoms with Crippen molar-refractivity contribution in [3.63, 3.8) is 0 Å². The summed E-state index contributed by atoms with van der Waals surface area (Å²) >= 11 is 0. The van der Waals surface area contributed by atoms with Gasteiger partial charge < -0.3 is 15.2 Å². The summed E-state index contributed by atoms with van der Waals surface area (Å²) in [5.41, 5.74) is 9.08. The number of halogens is 1. The Hall–Kier alpha value is -1.91. The second-order valence-corrected chi connectivity index (χ2v) is 5.31. The molecule has 1 aliphatic rings. The largest absolute Gasteiger partial charge is 0.485 e. The van der Waals surface area contributed by atoms with Crippen LogP contribution in [0.1, 0.15) is 35.3 Å². The summed E-state index contributed by atoms with van der Waals surface area (Å²) in [5, 5.41) is 0. The molecule has 3 nitrogen and oxygen atoms in total. The third-order valence-electron chi connectivity index (χ3n) is 3.77. The van der Waals surface area contributed by atoms with Crippen molar-refractivity contribution in [3.8, 4) is 5.75 Å². The summed E-state index contributed by atoms with van der Waals surface area (Å²) in [6.07, 6.45) is 0.537. The molecule has 1 aliphatic heterocycles. The van der Waals surface area contributed by atoms with E-state index in [4.69, 9.17) is 15.2 Å². The molecule has 0 aromatic heterocycles.